The number of rotatable bonds is 2. The maximum absolute atomic E-state index is 5.52. The van der Waals surface area contributed by atoms with Crippen LogP contribution in [0.15, 0.2) is 24.3 Å². The molecule has 2 rings (SSSR count). The lowest BCUT2D eigenvalue weighted by molar-refractivity contribution is 0.283. The molecule has 1 N–H and O–H groups in total. The number of aryl methyl sites for hydroxylation is 1. The van der Waals surface area contributed by atoms with Crippen LogP contribution < -0.4 is 5.32 Å². The minimum Gasteiger partial charge on any atom is -0.349 e. The van der Waals surface area contributed by atoms with Gasteiger partial charge in [-0.05, 0) is 49.0 Å². The summed E-state index contributed by atoms with van der Waals surface area (Å²) >= 11 is 5.52. The fourth-order valence-corrected chi connectivity index (χ4v) is 2.65. The summed E-state index contributed by atoms with van der Waals surface area (Å²) in [6.45, 7) is 6.66. The normalized spacial score (nSPS) is 16.7. The number of thiocarbonyl (C=S) groups is 1. The SMILES string of the molecule is CCc1ccccc1NC(=S)N1CCC(C)CC1. The minimum atomic E-state index is 0.840. The van der Waals surface area contributed by atoms with Crippen LogP contribution in [-0.4, -0.2) is 23.1 Å². The Morgan fingerprint density at radius 1 is 1.33 bits per heavy atom. The number of hydrogen-bond acceptors (Lipinski definition) is 1. The second-order valence-electron chi connectivity index (χ2n) is 5.11. The molecule has 18 heavy (non-hydrogen) atoms. The van der Waals surface area contributed by atoms with Crippen LogP contribution in [0, 0.1) is 5.92 Å². The molecule has 0 aromatic heterocycles. The van der Waals surface area contributed by atoms with Crippen molar-refractivity contribution < 1.29 is 0 Å². The molecule has 0 spiro atoms. The topological polar surface area (TPSA) is 15.3 Å². The Kier molecular flexibility index (Phi) is 4.59. The molecule has 1 fully saturated rings. The molecule has 98 valence electrons. The van der Waals surface area contributed by atoms with Crippen LogP contribution in [0.2, 0.25) is 0 Å². The lowest BCUT2D eigenvalue weighted by atomic mass is 10.00. The van der Waals surface area contributed by atoms with Crippen LogP contribution >= 0.6 is 12.2 Å². The van der Waals surface area contributed by atoms with Gasteiger partial charge in [0.1, 0.15) is 0 Å². The van der Waals surface area contributed by atoms with Gasteiger partial charge in [-0.3, -0.25) is 0 Å². The van der Waals surface area contributed by atoms with E-state index in [0.717, 1.165) is 36.2 Å². The summed E-state index contributed by atoms with van der Waals surface area (Å²) in [6, 6.07) is 8.40. The Bertz CT molecular complexity index is 409. The summed E-state index contributed by atoms with van der Waals surface area (Å²) in [5, 5.41) is 4.28. The molecule has 3 heteroatoms. The van der Waals surface area contributed by atoms with Crippen LogP contribution in [0.5, 0.6) is 0 Å². The van der Waals surface area contributed by atoms with E-state index in [0.29, 0.717) is 0 Å². The van der Waals surface area contributed by atoms with Crippen LogP contribution in [0.4, 0.5) is 5.69 Å². The Morgan fingerprint density at radius 3 is 2.67 bits per heavy atom. The number of hydrogen-bond donors (Lipinski definition) is 1. The van der Waals surface area contributed by atoms with Crippen molar-refractivity contribution in [3.05, 3.63) is 29.8 Å². The van der Waals surface area contributed by atoms with E-state index in [1.807, 2.05) is 0 Å². The number of para-hydroxylation sites is 1. The number of piperidine rings is 1. The summed E-state index contributed by atoms with van der Waals surface area (Å²) in [4.78, 5) is 2.29. The first-order valence-corrected chi connectivity index (χ1v) is 7.25. The zero-order valence-electron chi connectivity index (χ0n) is 11.3. The van der Waals surface area contributed by atoms with Gasteiger partial charge in [-0.15, -0.1) is 0 Å². The van der Waals surface area contributed by atoms with Crippen LogP contribution in [0.25, 0.3) is 0 Å². The van der Waals surface area contributed by atoms with E-state index in [1.165, 1.54) is 18.4 Å². The molecule has 0 bridgehead atoms. The zero-order valence-corrected chi connectivity index (χ0v) is 12.1. The molecular formula is C15H22N2S. The van der Waals surface area contributed by atoms with Gasteiger partial charge in [0.15, 0.2) is 5.11 Å². The lowest BCUT2D eigenvalue weighted by Gasteiger charge is -2.32. The quantitative estimate of drug-likeness (QED) is 0.819. The zero-order chi connectivity index (χ0) is 13.0. The van der Waals surface area contributed by atoms with Gasteiger partial charge in [0.2, 0.25) is 0 Å². The summed E-state index contributed by atoms with van der Waals surface area (Å²) in [7, 11) is 0. The van der Waals surface area contributed by atoms with Crippen LogP contribution in [0.1, 0.15) is 32.3 Å². The third-order valence-corrected chi connectivity index (χ3v) is 4.07. The highest BCUT2D eigenvalue weighted by molar-refractivity contribution is 7.80. The van der Waals surface area contributed by atoms with E-state index in [4.69, 9.17) is 12.2 Å². The highest BCUT2D eigenvalue weighted by Gasteiger charge is 2.18. The first kappa shape index (κ1) is 13.3. The predicted molar refractivity (Wildman–Crippen MR) is 82.0 cm³/mol. The number of likely N-dealkylation sites (tertiary alicyclic amines) is 1. The van der Waals surface area contributed by atoms with Crippen molar-refractivity contribution in [2.45, 2.75) is 33.1 Å². The van der Waals surface area contributed by atoms with Gasteiger partial charge in [0, 0.05) is 18.8 Å². The Labute approximate surface area is 115 Å². The largest absolute Gasteiger partial charge is 0.349 e. The molecular weight excluding hydrogens is 240 g/mol. The van der Waals surface area contributed by atoms with Crippen LogP contribution in [-0.2, 0) is 6.42 Å². The van der Waals surface area contributed by atoms with E-state index in [2.05, 4.69) is 48.3 Å². The highest BCUT2D eigenvalue weighted by atomic mass is 32.1. The molecule has 0 radical (unpaired) electrons. The molecule has 1 aromatic rings. The van der Waals surface area contributed by atoms with E-state index in [9.17, 15) is 0 Å². The molecule has 0 saturated carbocycles. The van der Waals surface area contributed by atoms with Gasteiger partial charge in [0.25, 0.3) is 0 Å². The number of nitrogens with one attached hydrogen (secondary N) is 1. The van der Waals surface area contributed by atoms with E-state index < -0.39 is 0 Å². The number of benzene rings is 1. The molecule has 0 amide bonds. The summed E-state index contributed by atoms with van der Waals surface area (Å²) in [5.74, 6) is 0.840. The standard InChI is InChI=1S/C15H22N2S/c1-3-13-6-4-5-7-14(13)16-15(18)17-10-8-12(2)9-11-17/h4-7,12H,3,8-11H2,1-2H3,(H,16,18). The first-order valence-electron chi connectivity index (χ1n) is 6.84. The Balaban J connectivity index is 1.98. The molecule has 1 saturated heterocycles. The van der Waals surface area contributed by atoms with Gasteiger partial charge in [-0.2, -0.15) is 0 Å². The lowest BCUT2D eigenvalue weighted by Crippen LogP contribution is -2.40. The molecule has 1 aliphatic heterocycles. The monoisotopic (exact) mass is 262 g/mol. The first-order chi connectivity index (χ1) is 8.70. The average Bonchev–Trinajstić information content (AvgIpc) is 2.40. The summed E-state index contributed by atoms with van der Waals surface area (Å²) in [6.07, 6.45) is 3.53. The number of anilines is 1. The van der Waals surface area contributed by atoms with Gasteiger partial charge >= 0.3 is 0 Å². The maximum atomic E-state index is 5.52. The molecule has 1 heterocycles. The van der Waals surface area contributed by atoms with E-state index in [1.54, 1.807) is 0 Å². The average molecular weight is 262 g/mol. The van der Waals surface area contributed by atoms with Crippen molar-refractivity contribution in [1.82, 2.24) is 4.90 Å². The van der Waals surface area contributed by atoms with E-state index in [-0.39, 0.29) is 0 Å². The van der Waals surface area contributed by atoms with Crippen LogP contribution in [0.3, 0.4) is 0 Å². The van der Waals surface area contributed by atoms with Crippen molar-refractivity contribution in [2.75, 3.05) is 18.4 Å². The highest BCUT2D eigenvalue weighted by Crippen LogP contribution is 2.19. The molecule has 1 aromatic carbocycles. The van der Waals surface area contributed by atoms with Crippen molar-refractivity contribution in [3.63, 3.8) is 0 Å². The third kappa shape index (κ3) is 3.22. The van der Waals surface area contributed by atoms with Gasteiger partial charge in [0.05, 0.1) is 0 Å². The predicted octanol–water partition coefficient (Wildman–Crippen LogP) is 3.68. The van der Waals surface area contributed by atoms with Gasteiger partial charge in [-0.25, -0.2) is 0 Å². The van der Waals surface area contributed by atoms with Crippen molar-refractivity contribution in [2.24, 2.45) is 5.92 Å². The Morgan fingerprint density at radius 2 is 2.00 bits per heavy atom. The fraction of sp³-hybridized carbons (Fsp3) is 0.533. The smallest absolute Gasteiger partial charge is 0.173 e. The third-order valence-electron chi connectivity index (χ3n) is 3.71. The number of nitrogens with zero attached hydrogens (tertiary/aromatic N) is 1. The fourth-order valence-electron chi connectivity index (χ4n) is 2.36. The van der Waals surface area contributed by atoms with Gasteiger partial charge in [-0.1, -0.05) is 32.0 Å². The molecule has 0 aliphatic carbocycles. The second kappa shape index (κ2) is 6.19. The van der Waals surface area contributed by atoms with Gasteiger partial charge < -0.3 is 10.2 Å². The molecule has 0 atom stereocenters. The summed E-state index contributed by atoms with van der Waals surface area (Å²) < 4.78 is 0. The molecule has 1 aliphatic rings. The van der Waals surface area contributed by atoms with Crippen molar-refractivity contribution in [1.29, 1.82) is 0 Å². The van der Waals surface area contributed by atoms with E-state index >= 15 is 0 Å². The molecule has 2 nitrogen and oxygen atoms in total. The Hall–Kier alpha value is -1.09. The van der Waals surface area contributed by atoms with Crippen molar-refractivity contribution >= 4 is 23.0 Å². The maximum Gasteiger partial charge on any atom is 0.173 e. The minimum absolute atomic E-state index is 0.840. The summed E-state index contributed by atoms with van der Waals surface area (Å²) in [5.41, 5.74) is 2.48. The second-order valence-corrected chi connectivity index (χ2v) is 5.50. The van der Waals surface area contributed by atoms with Crippen molar-refractivity contribution in [3.8, 4) is 0 Å². The molecule has 0 unspecified atom stereocenters.